The lowest BCUT2D eigenvalue weighted by atomic mass is 9.96. The Morgan fingerprint density at radius 2 is 1.85 bits per heavy atom. The third kappa shape index (κ3) is 9.19. The number of amides is 1. The van der Waals surface area contributed by atoms with Gasteiger partial charge in [-0.2, -0.15) is 0 Å². The Balaban J connectivity index is 0.00000312. The first-order valence-electron chi connectivity index (χ1n) is 8.99. The van der Waals surface area contributed by atoms with Gasteiger partial charge in [0.2, 0.25) is 5.91 Å². The second-order valence-electron chi connectivity index (χ2n) is 7.13. The minimum Gasteiger partial charge on any atom is -0.354 e. The number of nitrogens with zero attached hydrogens (tertiary/aromatic N) is 2. The van der Waals surface area contributed by atoms with Crippen LogP contribution in [0.2, 0.25) is 0 Å². The summed E-state index contributed by atoms with van der Waals surface area (Å²) in [6.07, 6.45) is 2.90. The van der Waals surface area contributed by atoms with Crippen LogP contribution in [0.3, 0.4) is 0 Å². The topological polar surface area (TPSA) is 61.6 Å². The van der Waals surface area contributed by atoms with Gasteiger partial charge < -0.3 is 20.9 Å². The maximum atomic E-state index is 12.2. The van der Waals surface area contributed by atoms with Crippen molar-refractivity contribution in [2.75, 3.05) is 46.8 Å². The number of carbonyl (C=O) groups excluding carboxylic acids is 1. The maximum absolute atomic E-state index is 12.2. The minimum atomic E-state index is -0.465. The Morgan fingerprint density at radius 1 is 1.23 bits per heavy atom. The normalized spacial score (nSPS) is 16.5. The second kappa shape index (κ2) is 13.3. The van der Waals surface area contributed by atoms with Crippen LogP contribution in [-0.2, 0) is 11.2 Å². The van der Waals surface area contributed by atoms with Crippen molar-refractivity contribution in [2.45, 2.75) is 25.3 Å². The van der Waals surface area contributed by atoms with Gasteiger partial charge in [-0.15, -0.1) is 24.8 Å². The van der Waals surface area contributed by atoms with E-state index in [0.29, 0.717) is 12.3 Å². The van der Waals surface area contributed by atoms with Crippen LogP contribution in [0.4, 0.5) is 0 Å². The third-order valence-corrected chi connectivity index (χ3v) is 4.77. The van der Waals surface area contributed by atoms with E-state index in [-0.39, 0.29) is 30.7 Å². The van der Waals surface area contributed by atoms with Gasteiger partial charge in [0, 0.05) is 19.6 Å². The van der Waals surface area contributed by atoms with E-state index in [1.54, 1.807) is 0 Å². The van der Waals surface area contributed by atoms with Crippen LogP contribution < -0.4 is 11.1 Å². The van der Waals surface area contributed by atoms with Gasteiger partial charge in [0.05, 0.1) is 6.04 Å². The van der Waals surface area contributed by atoms with Crippen molar-refractivity contribution >= 4 is 30.7 Å². The highest BCUT2D eigenvalue weighted by molar-refractivity contribution is 5.85. The van der Waals surface area contributed by atoms with Gasteiger partial charge in [-0.3, -0.25) is 4.79 Å². The molecule has 1 fully saturated rings. The number of rotatable bonds is 8. The quantitative estimate of drug-likeness (QED) is 0.693. The van der Waals surface area contributed by atoms with Gasteiger partial charge in [-0.05, 0) is 57.9 Å². The lowest BCUT2D eigenvalue weighted by molar-refractivity contribution is -0.122. The van der Waals surface area contributed by atoms with Gasteiger partial charge in [-0.1, -0.05) is 30.3 Å². The van der Waals surface area contributed by atoms with Crippen LogP contribution in [-0.4, -0.2) is 68.6 Å². The van der Waals surface area contributed by atoms with E-state index in [1.165, 1.54) is 0 Å². The number of nitrogens with two attached hydrogens (primary N) is 1. The first-order valence-corrected chi connectivity index (χ1v) is 8.99. The van der Waals surface area contributed by atoms with E-state index in [9.17, 15) is 4.79 Å². The Morgan fingerprint density at radius 3 is 2.42 bits per heavy atom. The number of hydrogen-bond donors (Lipinski definition) is 2. The summed E-state index contributed by atoms with van der Waals surface area (Å²) in [7, 11) is 4.22. The molecule has 0 saturated carbocycles. The maximum Gasteiger partial charge on any atom is 0.237 e. The van der Waals surface area contributed by atoms with Crippen molar-refractivity contribution in [3.8, 4) is 0 Å². The fourth-order valence-electron chi connectivity index (χ4n) is 3.09. The molecule has 1 unspecified atom stereocenters. The first kappa shape index (κ1) is 25.1. The molecule has 1 saturated heterocycles. The van der Waals surface area contributed by atoms with Crippen molar-refractivity contribution in [1.29, 1.82) is 0 Å². The molecule has 1 atom stereocenters. The van der Waals surface area contributed by atoms with E-state index in [4.69, 9.17) is 5.73 Å². The zero-order valence-electron chi connectivity index (χ0n) is 15.9. The molecular formula is C19H34Cl2N4O. The van der Waals surface area contributed by atoms with E-state index in [1.807, 2.05) is 30.3 Å². The van der Waals surface area contributed by atoms with Crippen molar-refractivity contribution in [3.05, 3.63) is 35.9 Å². The molecule has 0 spiro atoms. The molecule has 150 valence electrons. The highest BCUT2D eigenvalue weighted by Gasteiger charge is 2.21. The standard InChI is InChI=1S/C19H32N4O.2ClH/c1-22(2)12-13-23-10-8-17(9-11-23)15-21-19(24)18(20)14-16-6-4-3-5-7-16;;/h3-7,17-18H,8-15,20H2,1-2H3,(H,21,24);2*1H. The number of likely N-dealkylation sites (tertiary alicyclic amines) is 1. The number of carbonyl (C=O) groups is 1. The average molecular weight is 405 g/mol. The van der Waals surface area contributed by atoms with Crippen LogP contribution >= 0.6 is 24.8 Å². The van der Waals surface area contributed by atoms with Gasteiger partial charge in [0.15, 0.2) is 0 Å². The molecule has 0 aliphatic carbocycles. The molecule has 5 nitrogen and oxygen atoms in total. The van der Waals surface area contributed by atoms with Crippen LogP contribution in [0.5, 0.6) is 0 Å². The predicted molar refractivity (Wildman–Crippen MR) is 113 cm³/mol. The molecular weight excluding hydrogens is 371 g/mol. The summed E-state index contributed by atoms with van der Waals surface area (Å²) in [5.41, 5.74) is 7.14. The van der Waals surface area contributed by atoms with Gasteiger partial charge in [0.25, 0.3) is 0 Å². The largest absolute Gasteiger partial charge is 0.354 e. The van der Waals surface area contributed by atoms with Gasteiger partial charge in [-0.25, -0.2) is 0 Å². The number of hydrogen-bond acceptors (Lipinski definition) is 4. The molecule has 2 rings (SSSR count). The zero-order chi connectivity index (χ0) is 17.4. The lowest BCUT2D eigenvalue weighted by Gasteiger charge is -2.32. The van der Waals surface area contributed by atoms with Crippen molar-refractivity contribution < 1.29 is 4.79 Å². The molecule has 1 aromatic carbocycles. The molecule has 7 heteroatoms. The summed E-state index contributed by atoms with van der Waals surface area (Å²) in [4.78, 5) is 16.9. The van der Waals surface area contributed by atoms with Crippen molar-refractivity contribution in [3.63, 3.8) is 0 Å². The van der Waals surface area contributed by atoms with Crippen LogP contribution in [0.15, 0.2) is 30.3 Å². The van der Waals surface area contributed by atoms with Gasteiger partial charge in [0.1, 0.15) is 0 Å². The molecule has 1 heterocycles. The van der Waals surface area contributed by atoms with Crippen molar-refractivity contribution in [1.82, 2.24) is 15.1 Å². The van der Waals surface area contributed by atoms with Crippen LogP contribution in [0.25, 0.3) is 0 Å². The number of piperidine rings is 1. The van der Waals surface area contributed by atoms with Gasteiger partial charge >= 0.3 is 0 Å². The van der Waals surface area contributed by atoms with Crippen LogP contribution in [0.1, 0.15) is 18.4 Å². The fraction of sp³-hybridized carbons (Fsp3) is 0.632. The molecule has 0 radical (unpaired) electrons. The summed E-state index contributed by atoms with van der Waals surface area (Å²) >= 11 is 0. The second-order valence-corrected chi connectivity index (χ2v) is 7.13. The first-order chi connectivity index (χ1) is 11.5. The molecule has 1 aliphatic heterocycles. The third-order valence-electron chi connectivity index (χ3n) is 4.77. The lowest BCUT2D eigenvalue weighted by Crippen LogP contribution is -2.45. The van der Waals surface area contributed by atoms with E-state index in [2.05, 4.69) is 29.2 Å². The average Bonchev–Trinajstić information content (AvgIpc) is 2.59. The molecule has 1 aromatic rings. The zero-order valence-corrected chi connectivity index (χ0v) is 17.5. The molecule has 1 amide bonds. The fourth-order valence-corrected chi connectivity index (χ4v) is 3.09. The SMILES string of the molecule is CN(C)CCN1CCC(CNC(=O)C(N)Cc2ccccc2)CC1.Cl.Cl. The van der Waals surface area contributed by atoms with E-state index < -0.39 is 6.04 Å². The molecule has 26 heavy (non-hydrogen) atoms. The molecule has 0 bridgehead atoms. The summed E-state index contributed by atoms with van der Waals surface area (Å²) in [6.45, 7) is 5.25. The molecule has 1 aliphatic rings. The number of nitrogens with one attached hydrogen (secondary N) is 1. The number of halogens is 2. The Kier molecular flexibility index (Phi) is 12.9. The summed E-state index contributed by atoms with van der Waals surface area (Å²) in [6, 6.07) is 9.48. The highest BCUT2D eigenvalue weighted by Crippen LogP contribution is 2.16. The Labute approximate surface area is 170 Å². The smallest absolute Gasteiger partial charge is 0.237 e. The number of benzene rings is 1. The van der Waals surface area contributed by atoms with E-state index >= 15 is 0 Å². The summed E-state index contributed by atoms with van der Waals surface area (Å²) in [5, 5.41) is 3.05. The van der Waals surface area contributed by atoms with Crippen molar-refractivity contribution in [2.24, 2.45) is 11.7 Å². The number of likely N-dealkylation sites (N-methyl/N-ethyl adjacent to an activating group) is 1. The highest BCUT2D eigenvalue weighted by atomic mass is 35.5. The monoisotopic (exact) mass is 404 g/mol. The predicted octanol–water partition coefficient (Wildman–Crippen LogP) is 1.79. The molecule has 3 N–H and O–H groups in total. The summed E-state index contributed by atoms with van der Waals surface area (Å²) < 4.78 is 0. The Hall–Kier alpha value is -0.850. The Bertz CT molecular complexity index is 494. The summed E-state index contributed by atoms with van der Waals surface area (Å²) in [5.74, 6) is 0.544. The minimum absolute atomic E-state index is 0. The van der Waals surface area contributed by atoms with E-state index in [0.717, 1.165) is 51.1 Å². The van der Waals surface area contributed by atoms with Crippen LogP contribution in [0, 0.1) is 5.92 Å². The molecule has 0 aromatic heterocycles.